The van der Waals surface area contributed by atoms with Gasteiger partial charge in [0.05, 0.1) is 12.6 Å². The Hall–Kier alpha value is -1.03. The molecule has 1 amide bonds. The summed E-state index contributed by atoms with van der Waals surface area (Å²) in [4.78, 5) is 14.5. The van der Waals surface area contributed by atoms with Gasteiger partial charge in [0, 0.05) is 23.8 Å². The molecule has 2 aliphatic rings. The molecule has 4 heteroatoms. The van der Waals surface area contributed by atoms with Crippen molar-refractivity contribution in [3.05, 3.63) is 12.3 Å². The summed E-state index contributed by atoms with van der Waals surface area (Å²) in [6.45, 7) is 13.5. The summed E-state index contributed by atoms with van der Waals surface area (Å²) in [5.41, 5.74) is 1.05. The minimum atomic E-state index is 0.168. The Morgan fingerprint density at radius 3 is 2.57 bits per heavy atom. The molecule has 0 aromatic heterocycles. The summed E-state index contributed by atoms with van der Waals surface area (Å²) in [6.07, 6.45) is 4.79. The molecule has 2 N–H and O–H groups in total. The number of hydrogen-bond acceptors (Lipinski definition) is 3. The van der Waals surface area contributed by atoms with E-state index in [9.17, 15) is 4.79 Å². The summed E-state index contributed by atoms with van der Waals surface area (Å²) in [7, 11) is 0. The lowest BCUT2D eigenvalue weighted by Gasteiger charge is -2.49. The highest BCUT2D eigenvalue weighted by Gasteiger charge is 2.41. The molecule has 0 aromatic carbocycles. The maximum atomic E-state index is 12.1. The largest absolute Gasteiger partial charge is 0.385 e. The summed E-state index contributed by atoms with van der Waals surface area (Å²) < 4.78 is 0. The molecule has 0 spiro atoms. The van der Waals surface area contributed by atoms with E-state index in [0.717, 1.165) is 12.1 Å². The van der Waals surface area contributed by atoms with E-state index in [-0.39, 0.29) is 11.9 Å². The molecule has 4 nitrogen and oxygen atoms in total. The molecule has 120 valence electrons. The summed E-state index contributed by atoms with van der Waals surface area (Å²) in [5, 5.41) is 6.66. The van der Waals surface area contributed by atoms with E-state index in [1.165, 1.54) is 19.3 Å². The number of hydrogen-bond donors (Lipinski definition) is 2. The summed E-state index contributed by atoms with van der Waals surface area (Å²) in [5.74, 6) is 0.610. The van der Waals surface area contributed by atoms with Crippen molar-refractivity contribution in [3.8, 4) is 0 Å². The third-order valence-corrected chi connectivity index (χ3v) is 4.65. The van der Waals surface area contributed by atoms with Gasteiger partial charge in [0.25, 0.3) is 0 Å². The van der Waals surface area contributed by atoms with Crippen LogP contribution in [0.25, 0.3) is 0 Å². The average Bonchev–Trinajstić information content (AvgIpc) is 2.37. The lowest BCUT2D eigenvalue weighted by molar-refractivity contribution is -0.130. The number of piperazine rings is 1. The first-order chi connectivity index (χ1) is 9.90. The number of nitrogens with one attached hydrogen (secondary N) is 2. The Kier molecular flexibility index (Phi) is 5.31. The molecule has 2 rings (SSSR count). The fraction of sp³-hybridized carbons (Fsp3) is 0.824. The number of carbonyl (C=O) groups excluding carboxylic acids is 1. The molecular weight excluding hydrogens is 262 g/mol. The number of rotatable bonds is 5. The van der Waals surface area contributed by atoms with Crippen molar-refractivity contribution >= 4 is 5.91 Å². The summed E-state index contributed by atoms with van der Waals surface area (Å²) in [6, 6.07) is 1.39. The van der Waals surface area contributed by atoms with Crippen LogP contribution < -0.4 is 10.6 Å². The topological polar surface area (TPSA) is 44.4 Å². The molecule has 1 aliphatic heterocycles. The molecular formula is C17H31N3O. The fourth-order valence-corrected chi connectivity index (χ4v) is 3.96. The van der Waals surface area contributed by atoms with Crippen LogP contribution in [0.1, 0.15) is 53.4 Å². The Morgan fingerprint density at radius 1 is 1.29 bits per heavy atom. The molecule has 1 saturated carbocycles. The lowest BCUT2D eigenvalue weighted by Crippen LogP contribution is -2.65. The van der Waals surface area contributed by atoms with E-state index in [4.69, 9.17) is 0 Å². The number of amides is 1. The zero-order valence-electron chi connectivity index (χ0n) is 14.0. The van der Waals surface area contributed by atoms with Gasteiger partial charge in [0.15, 0.2) is 0 Å². The van der Waals surface area contributed by atoms with Crippen LogP contribution in [0.2, 0.25) is 0 Å². The van der Waals surface area contributed by atoms with Gasteiger partial charge in [-0.1, -0.05) is 33.3 Å². The smallest absolute Gasteiger partial charge is 0.234 e. The van der Waals surface area contributed by atoms with Crippen LogP contribution in [0.3, 0.4) is 0 Å². The molecule has 0 radical (unpaired) electrons. The van der Waals surface area contributed by atoms with Crippen LogP contribution in [0.4, 0.5) is 0 Å². The first-order valence-electron chi connectivity index (χ1n) is 8.40. The second kappa shape index (κ2) is 6.82. The predicted octanol–water partition coefficient (Wildman–Crippen LogP) is 2.27. The van der Waals surface area contributed by atoms with E-state index in [2.05, 4.69) is 49.8 Å². The van der Waals surface area contributed by atoms with Crippen molar-refractivity contribution in [2.24, 2.45) is 5.92 Å². The monoisotopic (exact) mass is 293 g/mol. The van der Waals surface area contributed by atoms with Crippen LogP contribution in [-0.4, -0.2) is 41.5 Å². The molecule has 2 fully saturated rings. The highest BCUT2D eigenvalue weighted by Crippen LogP contribution is 2.30. The molecule has 1 heterocycles. The highest BCUT2D eigenvalue weighted by molar-refractivity contribution is 5.79. The van der Waals surface area contributed by atoms with E-state index in [1.807, 2.05) is 0 Å². The minimum absolute atomic E-state index is 0.168. The third kappa shape index (κ3) is 3.79. The standard InChI is InChI=1S/C17H31N3O/c1-11(2)17(13(5)18-12(3)4)20-10-16(21)19-14-8-6-7-9-15(14)20/h11-12,14-15,17-18H,5-10H2,1-4H3,(H,19,21). The molecule has 3 atom stereocenters. The van der Waals surface area contributed by atoms with Gasteiger partial charge in [-0.05, 0) is 32.6 Å². The second-order valence-electron chi connectivity index (χ2n) is 7.21. The van der Waals surface area contributed by atoms with Gasteiger partial charge in [-0.25, -0.2) is 0 Å². The Labute approximate surface area is 129 Å². The highest BCUT2D eigenvalue weighted by atomic mass is 16.2. The van der Waals surface area contributed by atoms with Gasteiger partial charge in [-0.15, -0.1) is 0 Å². The number of carbonyl (C=O) groups is 1. The van der Waals surface area contributed by atoms with E-state index >= 15 is 0 Å². The van der Waals surface area contributed by atoms with Crippen molar-refractivity contribution in [3.63, 3.8) is 0 Å². The van der Waals surface area contributed by atoms with Crippen LogP contribution >= 0.6 is 0 Å². The van der Waals surface area contributed by atoms with Crippen LogP contribution in [0.15, 0.2) is 12.3 Å². The zero-order valence-corrected chi connectivity index (χ0v) is 14.0. The first kappa shape index (κ1) is 16.3. The molecule has 0 bridgehead atoms. The average molecular weight is 293 g/mol. The quantitative estimate of drug-likeness (QED) is 0.817. The van der Waals surface area contributed by atoms with Gasteiger partial charge >= 0.3 is 0 Å². The van der Waals surface area contributed by atoms with Crippen molar-refractivity contribution in [2.45, 2.75) is 77.5 Å². The SMILES string of the molecule is C=C(NC(C)C)C(C(C)C)N1CC(=O)NC2CCCCC21. The fourth-order valence-electron chi connectivity index (χ4n) is 3.96. The Morgan fingerprint density at radius 2 is 1.95 bits per heavy atom. The van der Waals surface area contributed by atoms with Gasteiger partial charge in [-0.2, -0.15) is 0 Å². The molecule has 1 saturated heterocycles. The molecule has 3 unspecified atom stereocenters. The van der Waals surface area contributed by atoms with Gasteiger partial charge in [-0.3, -0.25) is 9.69 Å². The van der Waals surface area contributed by atoms with Crippen molar-refractivity contribution < 1.29 is 4.79 Å². The van der Waals surface area contributed by atoms with E-state index in [0.29, 0.717) is 30.6 Å². The van der Waals surface area contributed by atoms with Gasteiger partial charge in [0.2, 0.25) is 5.91 Å². The summed E-state index contributed by atoms with van der Waals surface area (Å²) >= 11 is 0. The van der Waals surface area contributed by atoms with Crippen molar-refractivity contribution in [2.75, 3.05) is 6.54 Å². The van der Waals surface area contributed by atoms with Crippen LogP contribution in [0.5, 0.6) is 0 Å². The molecule has 1 aliphatic carbocycles. The molecule has 0 aromatic rings. The predicted molar refractivity (Wildman–Crippen MR) is 86.9 cm³/mol. The van der Waals surface area contributed by atoms with E-state index < -0.39 is 0 Å². The molecule has 21 heavy (non-hydrogen) atoms. The Balaban J connectivity index is 2.20. The lowest BCUT2D eigenvalue weighted by atomic mass is 9.84. The van der Waals surface area contributed by atoms with E-state index in [1.54, 1.807) is 0 Å². The Bertz CT molecular complexity index is 391. The van der Waals surface area contributed by atoms with Crippen LogP contribution in [0, 0.1) is 5.92 Å². The van der Waals surface area contributed by atoms with Crippen molar-refractivity contribution in [1.29, 1.82) is 0 Å². The van der Waals surface area contributed by atoms with Crippen LogP contribution in [-0.2, 0) is 4.79 Å². The normalized spacial score (nSPS) is 28.2. The minimum Gasteiger partial charge on any atom is -0.385 e. The second-order valence-corrected chi connectivity index (χ2v) is 7.21. The number of fused-ring (bicyclic) bond motifs is 1. The maximum Gasteiger partial charge on any atom is 0.234 e. The van der Waals surface area contributed by atoms with Crippen molar-refractivity contribution in [1.82, 2.24) is 15.5 Å². The number of nitrogens with zero attached hydrogens (tertiary/aromatic N) is 1. The van der Waals surface area contributed by atoms with Gasteiger partial charge in [0.1, 0.15) is 0 Å². The third-order valence-electron chi connectivity index (χ3n) is 4.65. The zero-order chi connectivity index (χ0) is 15.6. The first-order valence-corrected chi connectivity index (χ1v) is 8.40. The van der Waals surface area contributed by atoms with Gasteiger partial charge < -0.3 is 10.6 Å². The maximum absolute atomic E-state index is 12.1.